The highest BCUT2D eigenvalue weighted by molar-refractivity contribution is 6.02. The summed E-state index contributed by atoms with van der Waals surface area (Å²) in [6, 6.07) is 16.7. The second kappa shape index (κ2) is 12.7. The van der Waals surface area contributed by atoms with E-state index in [2.05, 4.69) is 4.98 Å². The largest absolute Gasteiger partial charge is 0.480 e. The van der Waals surface area contributed by atoms with Gasteiger partial charge in [-0.2, -0.15) is 0 Å². The van der Waals surface area contributed by atoms with Crippen molar-refractivity contribution in [2.75, 3.05) is 33.4 Å². The number of fused-ring (bicyclic) bond motifs is 1. The Kier molecular flexibility index (Phi) is 9.06. The second-order valence-electron chi connectivity index (χ2n) is 10.4. The molecule has 2 heterocycles. The zero-order valence-corrected chi connectivity index (χ0v) is 23.5. The van der Waals surface area contributed by atoms with E-state index < -0.39 is 42.2 Å². The van der Waals surface area contributed by atoms with Gasteiger partial charge in [-0.1, -0.05) is 48.5 Å². The fraction of sp³-hybridized carbons (Fsp3) is 0.367. The van der Waals surface area contributed by atoms with E-state index in [1.165, 1.54) is 16.9 Å². The maximum absolute atomic E-state index is 13.3. The molecule has 1 aliphatic rings. The van der Waals surface area contributed by atoms with Gasteiger partial charge in [0.25, 0.3) is 0 Å². The molecule has 216 valence electrons. The Morgan fingerprint density at radius 3 is 2.34 bits per heavy atom. The van der Waals surface area contributed by atoms with Crippen LogP contribution >= 0.6 is 0 Å². The number of piperazine rings is 1. The zero-order chi connectivity index (χ0) is 29.6. The minimum atomic E-state index is -1.22. The Balaban J connectivity index is 1.48. The molecule has 4 rings (SSSR count). The molecule has 41 heavy (non-hydrogen) atoms. The molecular weight excluding hydrogens is 530 g/mol. The molecule has 0 radical (unpaired) electrons. The van der Waals surface area contributed by atoms with E-state index in [9.17, 15) is 19.2 Å². The summed E-state index contributed by atoms with van der Waals surface area (Å²) in [4.78, 5) is 59.0. The normalized spacial score (nSPS) is 15.3. The van der Waals surface area contributed by atoms with Crippen LogP contribution in [-0.2, 0) is 25.6 Å². The molecule has 1 fully saturated rings. The van der Waals surface area contributed by atoms with Crippen LogP contribution in [0.3, 0.4) is 0 Å². The summed E-state index contributed by atoms with van der Waals surface area (Å²) in [5.41, 5.74) is 0.818. The molecule has 1 aromatic heterocycles. The van der Waals surface area contributed by atoms with Crippen molar-refractivity contribution in [2.45, 2.75) is 39.0 Å². The number of aromatic nitrogens is 1. The van der Waals surface area contributed by atoms with Gasteiger partial charge in [0.15, 0.2) is 12.6 Å². The lowest BCUT2D eigenvalue weighted by Gasteiger charge is -2.39. The van der Waals surface area contributed by atoms with Crippen molar-refractivity contribution in [1.29, 1.82) is 0 Å². The van der Waals surface area contributed by atoms with E-state index in [1.807, 2.05) is 30.3 Å². The van der Waals surface area contributed by atoms with Crippen molar-refractivity contribution in [3.05, 3.63) is 71.8 Å². The average molecular weight is 564 g/mol. The van der Waals surface area contributed by atoms with Crippen LogP contribution in [0.5, 0.6) is 5.88 Å². The van der Waals surface area contributed by atoms with Gasteiger partial charge < -0.3 is 23.8 Å². The molecule has 0 spiro atoms. The zero-order valence-electron chi connectivity index (χ0n) is 23.5. The third-order valence-electron chi connectivity index (χ3n) is 6.27. The van der Waals surface area contributed by atoms with Gasteiger partial charge in [-0.25, -0.2) is 19.4 Å². The number of methoxy groups -OCH3 is 1. The fourth-order valence-electron chi connectivity index (χ4n) is 4.26. The predicted molar refractivity (Wildman–Crippen MR) is 149 cm³/mol. The Morgan fingerprint density at radius 2 is 1.63 bits per heavy atom. The molecule has 1 saturated heterocycles. The molecule has 2 aromatic carbocycles. The van der Waals surface area contributed by atoms with Gasteiger partial charge in [-0.05, 0) is 38.5 Å². The van der Waals surface area contributed by atoms with Gasteiger partial charge >= 0.3 is 18.2 Å². The molecule has 11 heteroatoms. The summed E-state index contributed by atoms with van der Waals surface area (Å²) in [6.07, 6.45) is -1.37. The molecule has 0 unspecified atom stereocenters. The van der Waals surface area contributed by atoms with E-state index >= 15 is 0 Å². The number of para-hydroxylation sites is 1. The molecule has 1 atom stereocenters. The Bertz CT molecular complexity index is 1420. The van der Waals surface area contributed by atoms with Crippen LogP contribution in [0, 0.1) is 0 Å². The lowest BCUT2D eigenvalue weighted by atomic mass is 10.1. The first-order valence-electron chi connectivity index (χ1n) is 13.1. The number of esters is 1. The number of amides is 2. The molecule has 11 nitrogen and oxygen atoms in total. The summed E-state index contributed by atoms with van der Waals surface area (Å²) in [5.74, 6) is -1.30. The highest BCUT2D eigenvalue weighted by Crippen LogP contribution is 2.23. The number of nitrogens with zero attached hydrogens (tertiary/aromatic N) is 3. The first-order valence-corrected chi connectivity index (χ1v) is 13.1. The highest BCUT2D eigenvalue weighted by Gasteiger charge is 2.40. The van der Waals surface area contributed by atoms with E-state index in [1.54, 1.807) is 51.1 Å². The van der Waals surface area contributed by atoms with Crippen molar-refractivity contribution < 1.29 is 38.1 Å². The summed E-state index contributed by atoms with van der Waals surface area (Å²) >= 11 is 0. The predicted octanol–water partition coefficient (Wildman–Crippen LogP) is 4.23. The summed E-state index contributed by atoms with van der Waals surface area (Å²) in [5, 5.41) is 0.718. The third-order valence-corrected chi connectivity index (χ3v) is 6.27. The maximum atomic E-state index is 13.3. The SMILES string of the molecule is COc1nc2ccccc2cc1C(=O)COC(=O)[C@@H]1CN(C(=O)OC(C)(C)C)CCN1C(=O)OCc1ccccc1. The molecule has 2 amide bonds. The number of Topliss-reactive ketones (excluding diaryl/α,β-unsaturated/α-hetero) is 1. The van der Waals surface area contributed by atoms with Crippen LogP contribution < -0.4 is 4.74 Å². The van der Waals surface area contributed by atoms with Crippen LogP contribution in [0.1, 0.15) is 36.7 Å². The van der Waals surface area contributed by atoms with Crippen LogP contribution in [0.25, 0.3) is 10.9 Å². The van der Waals surface area contributed by atoms with Crippen molar-refractivity contribution in [2.24, 2.45) is 0 Å². The van der Waals surface area contributed by atoms with Crippen molar-refractivity contribution in [1.82, 2.24) is 14.8 Å². The Morgan fingerprint density at radius 1 is 0.927 bits per heavy atom. The topological polar surface area (TPSA) is 125 Å². The number of ether oxygens (including phenoxy) is 4. The second-order valence-corrected chi connectivity index (χ2v) is 10.4. The number of carbonyl (C=O) groups is 4. The quantitative estimate of drug-likeness (QED) is 0.236. The number of rotatable bonds is 7. The molecule has 0 aliphatic carbocycles. The molecule has 0 bridgehead atoms. The maximum Gasteiger partial charge on any atom is 0.410 e. The summed E-state index contributed by atoms with van der Waals surface area (Å²) < 4.78 is 21.6. The lowest BCUT2D eigenvalue weighted by Crippen LogP contribution is -2.60. The number of ketones is 1. The van der Waals surface area contributed by atoms with Gasteiger partial charge in [0.05, 0.1) is 24.7 Å². The van der Waals surface area contributed by atoms with Crippen LogP contribution in [-0.4, -0.2) is 83.7 Å². The minimum Gasteiger partial charge on any atom is -0.480 e. The minimum absolute atomic E-state index is 0.000957. The fourth-order valence-corrected chi connectivity index (χ4v) is 4.26. The number of carbonyl (C=O) groups excluding carboxylic acids is 4. The molecular formula is C30H33N3O8. The number of benzene rings is 2. The van der Waals surface area contributed by atoms with Gasteiger partial charge in [0.2, 0.25) is 11.7 Å². The van der Waals surface area contributed by atoms with E-state index in [0.29, 0.717) is 5.52 Å². The van der Waals surface area contributed by atoms with Gasteiger partial charge in [0, 0.05) is 18.5 Å². The molecule has 1 aliphatic heterocycles. The van der Waals surface area contributed by atoms with Gasteiger partial charge in [-0.15, -0.1) is 0 Å². The smallest absolute Gasteiger partial charge is 0.410 e. The van der Waals surface area contributed by atoms with E-state index in [0.717, 1.165) is 10.9 Å². The highest BCUT2D eigenvalue weighted by atomic mass is 16.6. The average Bonchev–Trinajstić information content (AvgIpc) is 2.97. The van der Waals surface area contributed by atoms with E-state index in [-0.39, 0.29) is 37.7 Å². The molecule has 0 saturated carbocycles. The van der Waals surface area contributed by atoms with Gasteiger partial charge in [0.1, 0.15) is 12.2 Å². The molecule has 0 N–H and O–H groups in total. The van der Waals surface area contributed by atoms with Crippen LogP contribution in [0.4, 0.5) is 9.59 Å². The van der Waals surface area contributed by atoms with E-state index in [4.69, 9.17) is 18.9 Å². The Labute approximate surface area is 237 Å². The monoisotopic (exact) mass is 563 g/mol. The van der Waals surface area contributed by atoms with Crippen molar-refractivity contribution >= 4 is 34.8 Å². The first-order chi connectivity index (χ1) is 19.6. The summed E-state index contributed by atoms with van der Waals surface area (Å²) in [6.45, 7) is 4.51. The third kappa shape index (κ3) is 7.50. The van der Waals surface area contributed by atoms with Crippen LogP contribution in [0.15, 0.2) is 60.7 Å². The Hall–Kier alpha value is -4.67. The van der Waals surface area contributed by atoms with Crippen molar-refractivity contribution in [3.8, 4) is 5.88 Å². The lowest BCUT2D eigenvalue weighted by molar-refractivity contribution is -0.150. The van der Waals surface area contributed by atoms with Crippen LogP contribution in [0.2, 0.25) is 0 Å². The summed E-state index contributed by atoms with van der Waals surface area (Å²) in [7, 11) is 1.39. The standard InChI is InChI=1S/C30H33N3O8/c1-30(2,3)41-28(36)32-14-15-33(29(37)40-18-20-10-6-5-7-11-20)24(17-32)27(35)39-19-25(34)22-16-21-12-8-9-13-23(21)31-26(22)38-4/h5-13,16,24H,14-15,17-19H2,1-4H3/t24-/m0/s1. The van der Waals surface area contributed by atoms with Crippen molar-refractivity contribution in [3.63, 3.8) is 0 Å². The number of hydrogen-bond acceptors (Lipinski definition) is 9. The van der Waals surface area contributed by atoms with Gasteiger partial charge in [-0.3, -0.25) is 9.69 Å². The number of pyridine rings is 1. The first kappa shape index (κ1) is 29.3. The number of hydrogen-bond donors (Lipinski definition) is 0. The molecule has 3 aromatic rings.